The molecule has 21 heteroatoms. The maximum atomic E-state index is 12.5. The average Bonchev–Trinajstić information content (AvgIpc) is 3.43. The number of hydrogen-bond acceptors (Lipinski definition) is 11. The van der Waals surface area contributed by atoms with E-state index in [1.807, 2.05) is 60.7 Å². The lowest BCUT2D eigenvalue weighted by Gasteiger charge is -2.31. The maximum absolute atomic E-state index is 12.5. The molecule has 49 heavy (non-hydrogen) atoms. The summed E-state index contributed by atoms with van der Waals surface area (Å²) in [6.07, 6.45) is 1.53. The molecule has 4 saturated heterocycles. The number of benzene rings is 2. The van der Waals surface area contributed by atoms with Crippen molar-refractivity contribution in [1.82, 2.24) is 30.7 Å². The van der Waals surface area contributed by atoms with Gasteiger partial charge in [-0.3, -0.25) is 29.1 Å². The van der Waals surface area contributed by atoms with E-state index in [0.29, 0.717) is 42.4 Å². The number of hydrazine groups is 1. The summed E-state index contributed by atoms with van der Waals surface area (Å²) in [5.74, 6) is -0.689. The number of rotatable bonds is 10. The van der Waals surface area contributed by atoms with Crippen LogP contribution in [0.1, 0.15) is 31.2 Å². The Morgan fingerprint density at radius 3 is 1.67 bits per heavy atom. The van der Waals surface area contributed by atoms with Crippen LogP contribution in [0.4, 0.5) is 15.3 Å². The summed E-state index contributed by atoms with van der Waals surface area (Å²) in [5.41, 5.74) is 4.41. The highest BCUT2D eigenvalue weighted by Gasteiger charge is 2.50. The van der Waals surface area contributed by atoms with Gasteiger partial charge >= 0.3 is 32.9 Å². The van der Waals surface area contributed by atoms with Crippen LogP contribution >= 0.6 is 0 Å². The van der Waals surface area contributed by atoms with Crippen LogP contribution in [0.3, 0.4) is 0 Å². The number of nitrogens with zero attached hydrogens (tertiary/aromatic N) is 5. The molecule has 4 aliphatic heterocycles. The van der Waals surface area contributed by atoms with Crippen LogP contribution in [-0.4, -0.2) is 114 Å². The molecule has 266 valence electrons. The minimum atomic E-state index is -4.80. The zero-order valence-electron chi connectivity index (χ0n) is 26.1. The first-order valence-electron chi connectivity index (χ1n) is 15.1. The number of carbonyl (C=O) groups excluding carboxylic acids is 4. The van der Waals surface area contributed by atoms with Crippen molar-refractivity contribution < 1.29 is 53.7 Å². The van der Waals surface area contributed by atoms with Gasteiger partial charge in [0.2, 0.25) is 5.91 Å². The Morgan fingerprint density at radius 2 is 1.20 bits per heavy atom. The summed E-state index contributed by atoms with van der Waals surface area (Å²) in [6, 6.07) is 14.5. The molecule has 4 bridgehead atoms. The summed E-state index contributed by atoms with van der Waals surface area (Å²) in [5, 5.41) is 5.56. The monoisotopic (exact) mass is 725 g/mol. The molecule has 4 N–H and O–H groups in total. The highest BCUT2D eigenvalue weighted by Crippen LogP contribution is 2.32. The Kier molecular flexibility index (Phi) is 10.6. The molecule has 0 aromatic heterocycles. The molecular formula is C28H35N7O12S2. The topological polar surface area (TPSA) is 236 Å². The number of para-hydroxylation sites is 1. The zero-order valence-corrected chi connectivity index (χ0v) is 27.7. The van der Waals surface area contributed by atoms with Gasteiger partial charge in [0.15, 0.2) is 0 Å². The van der Waals surface area contributed by atoms with Crippen molar-refractivity contribution in [2.75, 3.05) is 25.1 Å². The second-order valence-electron chi connectivity index (χ2n) is 11.6. The minimum Gasteiger partial charge on any atom is -0.350 e. The lowest BCUT2D eigenvalue weighted by molar-refractivity contribution is -0.126. The summed E-state index contributed by atoms with van der Waals surface area (Å²) in [7, 11) is -7.91. The van der Waals surface area contributed by atoms with E-state index in [1.165, 1.54) is 9.80 Å². The summed E-state index contributed by atoms with van der Waals surface area (Å²) >= 11 is 0. The molecule has 4 aliphatic rings. The van der Waals surface area contributed by atoms with Crippen LogP contribution in [0.25, 0.3) is 0 Å². The molecule has 0 radical (unpaired) electrons. The van der Waals surface area contributed by atoms with Crippen LogP contribution in [-0.2, 0) is 45.5 Å². The third kappa shape index (κ3) is 8.74. The van der Waals surface area contributed by atoms with Crippen LogP contribution in [0.15, 0.2) is 60.7 Å². The van der Waals surface area contributed by atoms with E-state index in [4.69, 9.17) is 9.11 Å². The molecule has 4 fully saturated rings. The van der Waals surface area contributed by atoms with Crippen molar-refractivity contribution in [2.24, 2.45) is 0 Å². The molecule has 6 rings (SSSR count). The molecule has 2 aromatic rings. The Balaban J connectivity index is 0.000000191. The van der Waals surface area contributed by atoms with Gasteiger partial charge in [0.1, 0.15) is 12.1 Å². The van der Waals surface area contributed by atoms with Crippen molar-refractivity contribution in [3.63, 3.8) is 0 Å². The van der Waals surface area contributed by atoms with Gasteiger partial charge in [-0.25, -0.2) is 9.59 Å². The maximum Gasteiger partial charge on any atom is 0.418 e. The van der Waals surface area contributed by atoms with Gasteiger partial charge in [0.05, 0.1) is 17.8 Å². The van der Waals surface area contributed by atoms with Crippen molar-refractivity contribution in [2.45, 2.75) is 56.4 Å². The number of piperidine rings is 2. The Bertz CT molecular complexity index is 1770. The van der Waals surface area contributed by atoms with Gasteiger partial charge in [0.25, 0.3) is 5.91 Å². The Morgan fingerprint density at radius 1 is 0.755 bits per heavy atom. The standard InChI is InChI=1S/C14H18N4O6S.C14H17N3O6S/c1-16(10-5-3-2-4-6-10)15-13(19)12-8-7-11-9-17(12)14(20)18(11)24-25(21,22)23;18-13(15-8-10-4-2-1-3-5-10)12-7-6-11-9-16(12)14(19)17(11)23-24(20,21)22/h2-6,11-12H,7-9H2,1H3,(H,15,19)(H,21,22,23);1-5,11-12H,6-9H2,(H,15,18)(H,20,21,22)/t2*11-,12+/m11/s1. The van der Waals surface area contributed by atoms with Crippen molar-refractivity contribution >= 4 is 50.4 Å². The number of fused-ring (bicyclic) bond motifs is 4. The molecular weight excluding hydrogens is 690 g/mol. The summed E-state index contributed by atoms with van der Waals surface area (Å²) in [4.78, 5) is 51.9. The molecule has 0 saturated carbocycles. The van der Waals surface area contributed by atoms with Crippen LogP contribution in [0.5, 0.6) is 0 Å². The van der Waals surface area contributed by atoms with Gasteiger partial charge in [-0.2, -0.15) is 27.0 Å². The van der Waals surface area contributed by atoms with Crippen molar-refractivity contribution in [3.05, 3.63) is 66.2 Å². The first-order chi connectivity index (χ1) is 23.1. The lowest BCUT2D eigenvalue weighted by atomic mass is 10.0. The second-order valence-corrected chi connectivity index (χ2v) is 13.6. The molecule has 0 unspecified atom stereocenters. The average molecular weight is 726 g/mol. The van der Waals surface area contributed by atoms with E-state index in [9.17, 15) is 36.0 Å². The fourth-order valence-corrected chi connectivity index (χ4v) is 6.84. The van der Waals surface area contributed by atoms with Gasteiger partial charge in [-0.1, -0.05) is 48.5 Å². The molecule has 0 spiro atoms. The predicted octanol–water partition coefficient (Wildman–Crippen LogP) is 0.463. The number of carbonyl (C=O) groups is 4. The number of anilines is 1. The smallest absolute Gasteiger partial charge is 0.350 e. The number of amides is 6. The number of hydrogen-bond donors (Lipinski definition) is 4. The van der Waals surface area contributed by atoms with Crippen LogP contribution in [0.2, 0.25) is 0 Å². The first kappa shape index (κ1) is 35.8. The van der Waals surface area contributed by atoms with Gasteiger partial charge in [-0.15, -0.1) is 8.57 Å². The Hall–Kier alpha value is -4.54. The van der Waals surface area contributed by atoms with E-state index in [1.54, 1.807) is 12.1 Å². The van der Waals surface area contributed by atoms with Crippen LogP contribution < -0.4 is 15.8 Å². The lowest BCUT2D eigenvalue weighted by Crippen LogP contribution is -2.53. The van der Waals surface area contributed by atoms with E-state index in [0.717, 1.165) is 11.3 Å². The molecule has 19 nitrogen and oxygen atoms in total. The van der Waals surface area contributed by atoms with Gasteiger partial charge in [0, 0.05) is 26.7 Å². The molecule has 4 atom stereocenters. The fraction of sp³-hybridized carbons (Fsp3) is 0.429. The first-order valence-corrected chi connectivity index (χ1v) is 17.8. The normalized spacial score (nSPS) is 23.2. The van der Waals surface area contributed by atoms with E-state index in [2.05, 4.69) is 19.3 Å². The quantitative estimate of drug-likeness (QED) is 0.193. The van der Waals surface area contributed by atoms with Gasteiger partial charge in [-0.05, 0) is 43.4 Å². The molecule has 0 aliphatic carbocycles. The van der Waals surface area contributed by atoms with Crippen molar-refractivity contribution in [1.29, 1.82) is 0 Å². The zero-order chi connectivity index (χ0) is 35.5. The summed E-state index contributed by atoms with van der Waals surface area (Å²) < 4.78 is 69.6. The number of nitrogens with one attached hydrogen (secondary N) is 2. The molecule has 4 heterocycles. The number of hydroxylamine groups is 4. The van der Waals surface area contributed by atoms with E-state index < -0.39 is 57.0 Å². The largest absolute Gasteiger partial charge is 0.418 e. The van der Waals surface area contributed by atoms with E-state index in [-0.39, 0.29) is 24.9 Å². The van der Waals surface area contributed by atoms with Crippen LogP contribution in [0, 0.1) is 0 Å². The predicted molar refractivity (Wildman–Crippen MR) is 168 cm³/mol. The third-order valence-corrected chi connectivity index (χ3v) is 9.03. The second kappa shape index (κ2) is 14.5. The summed E-state index contributed by atoms with van der Waals surface area (Å²) in [6.45, 7) is 0.673. The highest BCUT2D eigenvalue weighted by atomic mass is 32.3. The van der Waals surface area contributed by atoms with Crippen molar-refractivity contribution in [3.8, 4) is 0 Å². The van der Waals surface area contributed by atoms with Gasteiger partial charge < -0.3 is 15.1 Å². The minimum absolute atomic E-state index is 0.154. The number of urea groups is 2. The molecule has 6 amide bonds. The SMILES string of the molecule is CN(NC(=O)[C@@H]1CC[C@@H]2CN1C(=O)N2OS(=O)(=O)O)c1ccccc1.O=C(NCc1ccccc1)[C@@H]1CC[C@@H]2CN1C(=O)N2OS(=O)(=O)O. The third-order valence-electron chi connectivity index (χ3n) is 8.33. The van der Waals surface area contributed by atoms with E-state index >= 15 is 0 Å². The Labute approximate surface area is 282 Å². The highest BCUT2D eigenvalue weighted by molar-refractivity contribution is 7.81. The molecule has 2 aromatic carbocycles. The fourth-order valence-electron chi connectivity index (χ4n) is 6.07.